The minimum atomic E-state index is -0.174. The number of imidazole rings is 1. The van der Waals surface area contributed by atoms with Crippen molar-refractivity contribution in [3.8, 4) is 17.0 Å². The van der Waals surface area contributed by atoms with Gasteiger partial charge in [-0.05, 0) is 51.5 Å². The third kappa shape index (κ3) is 5.02. The lowest BCUT2D eigenvalue weighted by Crippen LogP contribution is -2.35. The molecule has 0 atom stereocenters. The van der Waals surface area contributed by atoms with E-state index in [-0.39, 0.29) is 18.0 Å². The van der Waals surface area contributed by atoms with Crippen molar-refractivity contribution in [3.63, 3.8) is 0 Å². The van der Waals surface area contributed by atoms with Gasteiger partial charge in [0.15, 0.2) is 5.82 Å². The Morgan fingerprint density at radius 3 is 2.57 bits per heavy atom. The second-order valence-electron chi connectivity index (χ2n) is 8.20. The number of nitrogens with zero attached hydrogens (tertiary/aromatic N) is 4. The monoisotopic (exact) mass is 430 g/mol. The summed E-state index contributed by atoms with van der Waals surface area (Å²) in [6, 6.07) is 7.82. The molecule has 0 fully saturated rings. The SMILES string of the molecule is CCCNC(=O)CN(C)c1nn2c(NC(C)(C)C)c(-c3ccc(OC)cc3)nc2s1. The summed E-state index contributed by atoms with van der Waals surface area (Å²) in [5.74, 6) is 1.61. The molecule has 2 N–H and O–H groups in total. The van der Waals surface area contributed by atoms with Crippen molar-refractivity contribution in [1.29, 1.82) is 0 Å². The Bertz CT molecular complexity index is 1000. The van der Waals surface area contributed by atoms with E-state index in [0.29, 0.717) is 6.54 Å². The normalized spacial score (nSPS) is 11.5. The van der Waals surface area contributed by atoms with Crippen LogP contribution in [-0.2, 0) is 4.79 Å². The average Bonchev–Trinajstić information content (AvgIpc) is 3.25. The largest absolute Gasteiger partial charge is 0.497 e. The number of amides is 1. The number of hydrogen-bond acceptors (Lipinski definition) is 7. The van der Waals surface area contributed by atoms with Gasteiger partial charge in [-0.15, -0.1) is 5.10 Å². The van der Waals surface area contributed by atoms with Crippen LogP contribution in [0.2, 0.25) is 0 Å². The highest BCUT2D eigenvalue weighted by atomic mass is 32.1. The van der Waals surface area contributed by atoms with E-state index >= 15 is 0 Å². The minimum Gasteiger partial charge on any atom is -0.497 e. The van der Waals surface area contributed by atoms with Crippen molar-refractivity contribution in [2.75, 3.05) is 37.5 Å². The van der Waals surface area contributed by atoms with E-state index in [1.165, 1.54) is 11.3 Å². The van der Waals surface area contributed by atoms with Crippen LogP contribution in [0, 0.1) is 0 Å². The summed E-state index contributed by atoms with van der Waals surface area (Å²) in [7, 11) is 3.52. The van der Waals surface area contributed by atoms with Gasteiger partial charge in [0.1, 0.15) is 11.4 Å². The van der Waals surface area contributed by atoms with Crippen LogP contribution < -0.4 is 20.3 Å². The molecule has 2 aromatic heterocycles. The van der Waals surface area contributed by atoms with E-state index in [9.17, 15) is 4.79 Å². The fraction of sp³-hybridized carbons (Fsp3) is 0.476. The number of ether oxygens (including phenoxy) is 1. The van der Waals surface area contributed by atoms with Gasteiger partial charge in [-0.1, -0.05) is 18.3 Å². The van der Waals surface area contributed by atoms with Crippen molar-refractivity contribution >= 4 is 33.2 Å². The molecule has 0 radical (unpaired) electrons. The molecule has 0 bridgehead atoms. The summed E-state index contributed by atoms with van der Waals surface area (Å²) in [6.07, 6.45) is 0.913. The topological polar surface area (TPSA) is 83.8 Å². The molecule has 30 heavy (non-hydrogen) atoms. The molecule has 0 aliphatic carbocycles. The number of hydrogen-bond donors (Lipinski definition) is 2. The predicted molar refractivity (Wildman–Crippen MR) is 123 cm³/mol. The Balaban J connectivity index is 1.95. The van der Waals surface area contributed by atoms with E-state index < -0.39 is 0 Å². The molecule has 162 valence electrons. The van der Waals surface area contributed by atoms with Crippen molar-refractivity contribution < 1.29 is 9.53 Å². The summed E-state index contributed by atoms with van der Waals surface area (Å²) >= 11 is 1.46. The summed E-state index contributed by atoms with van der Waals surface area (Å²) in [6.45, 7) is 9.26. The molecule has 2 heterocycles. The van der Waals surface area contributed by atoms with Crippen molar-refractivity contribution in [3.05, 3.63) is 24.3 Å². The Hall–Kier alpha value is -2.81. The maximum Gasteiger partial charge on any atom is 0.239 e. The lowest BCUT2D eigenvalue weighted by atomic mass is 10.1. The van der Waals surface area contributed by atoms with Gasteiger partial charge in [0.05, 0.1) is 13.7 Å². The number of benzene rings is 1. The van der Waals surface area contributed by atoms with Crippen molar-refractivity contribution in [2.24, 2.45) is 0 Å². The van der Waals surface area contributed by atoms with Gasteiger partial charge >= 0.3 is 0 Å². The second-order valence-corrected chi connectivity index (χ2v) is 9.13. The van der Waals surface area contributed by atoms with Gasteiger partial charge in [-0.25, -0.2) is 4.98 Å². The van der Waals surface area contributed by atoms with Gasteiger partial charge in [-0.3, -0.25) is 4.79 Å². The van der Waals surface area contributed by atoms with Crippen molar-refractivity contribution in [1.82, 2.24) is 19.9 Å². The number of likely N-dealkylation sites (N-methyl/N-ethyl adjacent to an activating group) is 1. The lowest BCUT2D eigenvalue weighted by Gasteiger charge is -2.22. The third-order valence-corrected chi connectivity index (χ3v) is 5.35. The first-order chi connectivity index (χ1) is 14.2. The molecule has 3 aromatic rings. The molecular formula is C21H30N6O2S. The third-order valence-electron chi connectivity index (χ3n) is 4.33. The highest BCUT2D eigenvalue weighted by Crippen LogP contribution is 2.35. The standard InChI is InChI=1S/C21H30N6O2S/c1-7-12-22-16(28)13-26(5)20-25-27-18(24-21(2,3)4)17(23-19(27)30-20)14-8-10-15(29-6)11-9-14/h8-11,24H,7,12-13H2,1-6H3,(H,22,28). The maximum absolute atomic E-state index is 12.1. The molecule has 8 nitrogen and oxygen atoms in total. The van der Waals surface area contributed by atoms with Crippen LogP contribution in [0.5, 0.6) is 5.75 Å². The molecule has 0 spiro atoms. The highest BCUT2D eigenvalue weighted by Gasteiger charge is 2.23. The summed E-state index contributed by atoms with van der Waals surface area (Å²) < 4.78 is 7.09. The van der Waals surface area contributed by atoms with Crippen LogP contribution >= 0.6 is 11.3 Å². The van der Waals surface area contributed by atoms with Gasteiger partial charge in [0.25, 0.3) is 0 Å². The van der Waals surface area contributed by atoms with E-state index in [1.807, 2.05) is 47.7 Å². The summed E-state index contributed by atoms with van der Waals surface area (Å²) in [5.41, 5.74) is 1.64. The number of aromatic nitrogens is 3. The van der Waals surface area contributed by atoms with Crippen LogP contribution in [0.25, 0.3) is 16.2 Å². The number of fused-ring (bicyclic) bond motifs is 1. The first-order valence-electron chi connectivity index (χ1n) is 10.0. The Morgan fingerprint density at radius 2 is 1.97 bits per heavy atom. The maximum atomic E-state index is 12.1. The number of carbonyl (C=O) groups is 1. The number of methoxy groups -OCH3 is 1. The predicted octanol–water partition coefficient (Wildman–Crippen LogP) is 3.64. The molecular weight excluding hydrogens is 400 g/mol. The highest BCUT2D eigenvalue weighted by molar-refractivity contribution is 7.20. The van der Waals surface area contributed by atoms with Crippen LogP contribution in [0.1, 0.15) is 34.1 Å². The summed E-state index contributed by atoms with van der Waals surface area (Å²) in [4.78, 5) is 19.5. The molecule has 3 rings (SSSR count). The molecule has 0 aliphatic rings. The van der Waals surface area contributed by atoms with E-state index in [4.69, 9.17) is 14.8 Å². The Kier molecular flexibility index (Phi) is 6.50. The quantitative estimate of drug-likeness (QED) is 0.568. The zero-order valence-corrected chi connectivity index (χ0v) is 19.3. The Morgan fingerprint density at radius 1 is 1.27 bits per heavy atom. The number of nitrogens with one attached hydrogen (secondary N) is 2. The van der Waals surface area contributed by atoms with Crippen LogP contribution in [0.3, 0.4) is 0 Å². The Labute approximate surface area is 181 Å². The minimum absolute atomic E-state index is 0.0147. The number of anilines is 2. The molecule has 1 amide bonds. The van der Waals surface area contributed by atoms with Crippen LogP contribution in [0.4, 0.5) is 10.9 Å². The van der Waals surface area contributed by atoms with Gasteiger partial charge in [0.2, 0.25) is 16.0 Å². The molecule has 0 unspecified atom stereocenters. The van der Waals surface area contributed by atoms with Crippen LogP contribution in [0.15, 0.2) is 24.3 Å². The first-order valence-corrected chi connectivity index (χ1v) is 10.8. The van der Waals surface area contributed by atoms with Gasteiger partial charge in [-0.2, -0.15) is 4.52 Å². The molecule has 1 aromatic carbocycles. The van der Waals surface area contributed by atoms with E-state index in [1.54, 1.807) is 7.11 Å². The zero-order valence-electron chi connectivity index (χ0n) is 18.4. The fourth-order valence-corrected chi connectivity index (χ4v) is 3.78. The lowest BCUT2D eigenvalue weighted by molar-refractivity contribution is -0.119. The van der Waals surface area contributed by atoms with Crippen molar-refractivity contribution in [2.45, 2.75) is 39.7 Å². The molecule has 9 heteroatoms. The fourth-order valence-electron chi connectivity index (χ4n) is 2.91. The average molecular weight is 431 g/mol. The number of rotatable bonds is 8. The molecule has 0 aliphatic heterocycles. The first kappa shape index (κ1) is 21.9. The van der Waals surface area contributed by atoms with Gasteiger partial charge in [0, 0.05) is 24.7 Å². The van der Waals surface area contributed by atoms with Gasteiger partial charge < -0.3 is 20.3 Å². The summed E-state index contributed by atoms with van der Waals surface area (Å²) in [5, 5.41) is 11.9. The van der Waals surface area contributed by atoms with Crippen LogP contribution in [-0.4, -0.2) is 53.3 Å². The molecule has 0 saturated heterocycles. The smallest absolute Gasteiger partial charge is 0.239 e. The number of carbonyl (C=O) groups excluding carboxylic acids is 1. The van der Waals surface area contributed by atoms with E-state index in [0.717, 1.165) is 39.3 Å². The second kappa shape index (κ2) is 8.91. The zero-order chi connectivity index (χ0) is 21.9. The molecule has 0 saturated carbocycles. The van der Waals surface area contributed by atoms with E-state index in [2.05, 4.69) is 31.4 Å².